The van der Waals surface area contributed by atoms with Crippen molar-refractivity contribution in [1.82, 2.24) is 0 Å². The maximum absolute atomic E-state index is 13.4. The van der Waals surface area contributed by atoms with Gasteiger partial charge in [0.05, 0.1) is 16.6 Å². The van der Waals surface area contributed by atoms with Crippen LogP contribution in [0.4, 0.5) is 10.1 Å². The molecule has 0 saturated carbocycles. The van der Waals surface area contributed by atoms with E-state index in [9.17, 15) is 9.18 Å². The first kappa shape index (κ1) is 13.6. The number of amides is 1. The highest BCUT2D eigenvalue weighted by atomic mass is 32.1. The molecule has 1 aromatic rings. The Balaban J connectivity index is 2.87. The Kier molecular flexibility index (Phi) is 4.57. The molecule has 1 atom stereocenters. The van der Waals surface area contributed by atoms with Gasteiger partial charge in [0, 0.05) is 0 Å². The molecule has 1 unspecified atom stereocenters. The highest BCUT2D eigenvalue weighted by Crippen LogP contribution is 2.17. The van der Waals surface area contributed by atoms with E-state index in [1.807, 2.05) is 6.92 Å². The van der Waals surface area contributed by atoms with Crippen molar-refractivity contribution in [2.75, 3.05) is 5.32 Å². The first-order chi connectivity index (χ1) is 7.95. The standard InChI is InChI=1S/C12H15FN2OS/c1-3-8(11(14)17)12(16)15-10-6-7(2)4-5-9(10)13/h4-6,8H,3H2,1-2H3,(H2,14,17)(H,15,16). The maximum atomic E-state index is 13.4. The first-order valence-electron chi connectivity index (χ1n) is 5.32. The second-order valence-corrected chi connectivity index (χ2v) is 4.31. The van der Waals surface area contributed by atoms with Crippen LogP contribution in [0.25, 0.3) is 0 Å². The van der Waals surface area contributed by atoms with Gasteiger partial charge in [0.1, 0.15) is 5.82 Å². The van der Waals surface area contributed by atoms with Gasteiger partial charge >= 0.3 is 0 Å². The summed E-state index contributed by atoms with van der Waals surface area (Å²) in [7, 11) is 0. The smallest absolute Gasteiger partial charge is 0.234 e. The van der Waals surface area contributed by atoms with Crippen molar-refractivity contribution < 1.29 is 9.18 Å². The van der Waals surface area contributed by atoms with Crippen LogP contribution in [-0.4, -0.2) is 10.9 Å². The summed E-state index contributed by atoms with van der Waals surface area (Å²) in [6.45, 7) is 3.62. The summed E-state index contributed by atoms with van der Waals surface area (Å²) < 4.78 is 13.4. The van der Waals surface area contributed by atoms with Crippen LogP contribution in [0.15, 0.2) is 18.2 Å². The van der Waals surface area contributed by atoms with Gasteiger partial charge in [-0.15, -0.1) is 0 Å². The number of aryl methyl sites for hydroxylation is 1. The fraction of sp³-hybridized carbons (Fsp3) is 0.333. The molecule has 1 amide bonds. The number of halogens is 1. The number of hydrogen-bond acceptors (Lipinski definition) is 2. The van der Waals surface area contributed by atoms with Gasteiger partial charge in [-0.3, -0.25) is 4.79 Å². The molecule has 92 valence electrons. The van der Waals surface area contributed by atoms with E-state index >= 15 is 0 Å². The second-order valence-electron chi connectivity index (χ2n) is 3.84. The van der Waals surface area contributed by atoms with Crippen molar-refractivity contribution in [3.63, 3.8) is 0 Å². The summed E-state index contributed by atoms with van der Waals surface area (Å²) in [4.78, 5) is 11.9. The number of thiocarbonyl (C=S) groups is 1. The van der Waals surface area contributed by atoms with Gasteiger partial charge < -0.3 is 11.1 Å². The highest BCUT2D eigenvalue weighted by Gasteiger charge is 2.20. The molecule has 3 N–H and O–H groups in total. The van der Waals surface area contributed by atoms with Gasteiger partial charge in [-0.25, -0.2) is 4.39 Å². The van der Waals surface area contributed by atoms with E-state index in [1.54, 1.807) is 19.1 Å². The van der Waals surface area contributed by atoms with E-state index < -0.39 is 11.7 Å². The average Bonchev–Trinajstić information content (AvgIpc) is 2.24. The van der Waals surface area contributed by atoms with Crippen molar-refractivity contribution >= 4 is 28.8 Å². The minimum absolute atomic E-state index is 0.123. The number of carbonyl (C=O) groups is 1. The fourth-order valence-electron chi connectivity index (χ4n) is 1.47. The van der Waals surface area contributed by atoms with Gasteiger partial charge in [-0.2, -0.15) is 0 Å². The van der Waals surface area contributed by atoms with Crippen molar-refractivity contribution in [3.8, 4) is 0 Å². The monoisotopic (exact) mass is 254 g/mol. The van der Waals surface area contributed by atoms with Crippen LogP contribution in [0, 0.1) is 18.7 Å². The number of anilines is 1. The van der Waals surface area contributed by atoms with Crippen LogP contribution in [0.2, 0.25) is 0 Å². The number of nitrogens with one attached hydrogen (secondary N) is 1. The van der Waals surface area contributed by atoms with E-state index in [0.717, 1.165) is 5.56 Å². The van der Waals surface area contributed by atoms with Crippen LogP contribution >= 0.6 is 12.2 Å². The third-order valence-corrected chi connectivity index (χ3v) is 2.73. The minimum atomic E-state index is -0.565. The Morgan fingerprint density at radius 3 is 2.76 bits per heavy atom. The molecule has 17 heavy (non-hydrogen) atoms. The zero-order valence-corrected chi connectivity index (χ0v) is 10.6. The molecule has 0 heterocycles. The van der Waals surface area contributed by atoms with Crippen molar-refractivity contribution in [2.24, 2.45) is 11.7 Å². The van der Waals surface area contributed by atoms with Crippen molar-refractivity contribution in [2.45, 2.75) is 20.3 Å². The number of hydrogen-bond donors (Lipinski definition) is 2. The number of rotatable bonds is 4. The predicted octanol–water partition coefficient (Wildman–Crippen LogP) is 2.38. The summed E-state index contributed by atoms with van der Waals surface area (Å²) in [6.07, 6.45) is 0.495. The quantitative estimate of drug-likeness (QED) is 0.811. The lowest BCUT2D eigenvalue weighted by molar-refractivity contribution is -0.118. The minimum Gasteiger partial charge on any atom is -0.393 e. The molecule has 0 spiro atoms. The molecule has 0 saturated heterocycles. The molecule has 0 bridgehead atoms. The van der Waals surface area contributed by atoms with E-state index in [0.29, 0.717) is 6.42 Å². The highest BCUT2D eigenvalue weighted by molar-refractivity contribution is 7.80. The summed E-state index contributed by atoms with van der Waals surface area (Å²) in [5.74, 6) is -1.41. The van der Waals surface area contributed by atoms with E-state index in [-0.39, 0.29) is 16.6 Å². The maximum Gasteiger partial charge on any atom is 0.234 e. The summed E-state index contributed by atoms with van der Waals surface area (Å²) in [6, 6.07) is 4.52. The van der Waals surface area contributed by atoms with Crippen molar-refractivity contribution in [3.05, 3.63) is 29.6 Å². The summed E-state index contributed by atoms with van der Waals surface area (Å²) in [5.41, 5.74) is 6.47. The largest absolute Gasteiger partial charge is 0.393 e. The van der Waals surface area contributed by atoms with Crippen LogP contribution in [-0.2, 0) is 4.79 Å². The number of benzene rings is 1. The molecular weight excluding hydrogens is 239 g/mol. The predicted molar refractivity (Wildman–Crippen MR) is 70.3 cm³/mol. The molecular formula is C12H15FN2OS. The van der Waals surface area contributed by atoms with Gasteiger partial charge in [0.25, 0.3) is 0 Å². The molecule has 1 aromatic carbocycles. The Bertz CT molecular complexity index is 448. The molecule has 5 heteroatoms. The SMILES string of the molecule is CCC(C(=O)Nc1cc(C)ccc1F)C(N)=S. The molecule has 1 rings (SSSR count). The fourth-order valence-corrected chi connectivity index (χ4v) is 1.74. The third kappa shape index (κ3) is 3.49. The molecule has 0 fully saturated rings. The molecule has 0 radical (unpaired) electrons. The second kappa shape index (κ2) is 5.72. The molecule has 0 aliphatic heterocycles. The number of carbonyl (C=O) groups excluding carboxylic acids is 1. The van der Waals surface area contributed by atoms with Gasteiger partial charge in [0.2, 0.25) is 5.91 Å². The molecule has 3 nitrogen and oxygen atoms in total. The lowest BCUT2D eigenvalue weighted by Crippen LogP contribution is -2.32. The molecule has 0 aliphatic rings. The Labute approximate surface area is 105 Å². The third-order valence-electron chi connectivity index (χ3n) is 2.45. The topological polar surface area (TPSA) is 55.1 Å². The van der Waals surface area contributed by atoms with E-state index in [2.05, 4.69) is 5.32 Å². The van der Waals surface area contributed by atoms with Crippen molar-refractivity contribution in [1.29, 1.82) is 0 Å². The van der Waals surface area contributed by atoms with Crippen LogP contribution in [0.5, 0.6) is 0 Å². The van der Waals surface area contributed by atoms with Crippen LogP contribution < -0.4 is 11.1 Å². The van der Waals surface area contributed by atoms with Crippen LogP contribution in [0.3, 0.4) is 0 Å². The zero-order chi connectivity index (χ0) is 13.0. The Morgan fingerprint density at radius 2 is 2.24 bits per heavy atom. The molecule has 0 aliphatic carbocycles. The summed E-state index contributed by atoms with van der Waals surface area (Å²) >= 11 is 4.79. The van der Waals surface area contributed by atoms with Gasteiger partial charge in [-0.05, 0) is 31.0 Å². The zero-order valence-electron chi connectivity index (χ0n) is 9.79. The number of nitrogens with two attached hydrogens (primary N) is 1. The molecule has 0 aromatic heterocycles. The van der Waals surface area contributed by atoms with Gasteiger partial charge in [-0.1, -0.05) is 25.2 Å². The van der Waals surface area contributed by atoms with Gasteiger partial charge in [0.15, 0.2) is 0 Å². The first-order valence-corrected chi connectivity index (χ1v) is 5.72. The van der Waals surface area contributed by atoms with E-state index in [4.69, 9.17) is 18.0 Å². The average molecular weight is 254 g/mol. The Morgan fingerprint density at radius 1 is 1.59 bits per heavy atom. The normalized spacial score (nSPS) is 11.9. The lowest BCUT2D eigenvalue weighted by Gasteiger charge is -2.14. The summed E-state index contributed by atoms with van der Waals surface area (Å²) in [5, 5.41) is 2.50. The van der Waals surface area contributed by atoms with E-state index in [1.165, 1.54) is 6.07 Å². The van der Waals surface area contributed by atoms with Crippen LogP contribution in [0.1, 0.15) is 18.9 Å². The lowest BCUT2D eigenvalue weighted by atomic mass is 10.1. The Hall–Kier alpha value is -1.49.